The minimum atomic E-state index is -1.34. The van der Waals surface area contributed by atoms with Gasteiger partial charge in [-0.1, -0.05) is 53.0 Å². The van der Waals surface area contributed by atoms with Crippen molar-refractivity contribution < 1.29 is 80.9 Å². The fourth-order valence-corrected chi connectivity index (χ4v) is 3.46. The molecular formula is C38H52O17. The fraction of sp³-hybridized carbons (Fsp3) is 0.447. The average Bonchev–Trinajstić information content (AvgIpc) is 3.21. The van der Waals surface area contributed by atoms with Crippen LogP contribution in [0.25, 0.3) is 0 Å². The van der Waals surface area contributed by atoms with E-state index in [1.165, 1.54) is 0 Å². The van der Waals surface area contributed by atoms with Crippen LogP contribution in [0.2, 0.25) is 0 Å². The third-order valence-corrected chi connectivity index (χ3v) is 6.64. The summed E-state index contributed by atoms with van der Waals surface area (Å²) < 4.78 is 51.3. The Balaban J connectivity index is 0. The summed E-state index contributed by atoms with van der Waals surface area (Å²) in [6, 6.07) is 0. The van der Waals surface area contributed by atoms with Gasteiger partial charge >= 0.3 is 41.8 Å². The maximum atomic E-state index is 11.3. The molecule has 0 spiro atoms. The summed E-state index contributed by atoms with van der Waals surface area (Å²) in [7, 11) is 0. The molecule has 0 aliphatic rings. The van der Waals surface area contributed by atoms with Crippen LogP contribution in [-0.4, -0.2) is 128 Å². The van der Waals surface area contributed by atoms with Crippen molar-refractivity contribution in [1.29, 1.82) is 0 Å². The van der Waals surface area contributed by atoms with Gasteiger partial charge in [-0.15, -0.1) is 0 Å². The monoisotopic (exact) mass is 780 g/mol. The summed E-state index contributed by atoms with van der Waals surface area (Å²) in [6.07, 6.45) is 7.59. The zero-order valence-corrected chi connectivity index (χ0v) is 31.3. The lowest BCUT2D eigenvalue weighted by molar-refractivity contribution is -0.164. The lowest BCUT2D eigenvalue weighted by atomic mass is 9.88. The van der Waals surface area contributed by atoms with Crippen molar-refractivity contribution in [2.75, 3.05) is 85.9 Å². The second kappa shape index (κ2) is 31.8. The molecule has 0 fully saturated rings. The molecule has 0 saturated heterocycles. The van der Waals surface area contributed by atoms with Gasteiger partial charge in [0, 0.05) is 47.9 Å². The molecule has 0 unspecified atom stereocenters. The summed E-state index contributed by atoms with van der Waals surface area (Å²) in [6.45, 7) is 25.2. The summed E-state index contributed by atoms with van der Waals surface area (Å²) in [5, 5.41) is 0. The first-order valence-corrected chi connectivity index (χ1v) is 16.5. The first kappa shape index (κ1) is 51.5. The molecule has 0 bridgehead atoms. The normalized spacial score (nSPS) is 10.3. The van der Waals surface area contributed by atoms with Crippen molar-refractivity contribution in [3.63, 3.8) is 0 Å². The van der Waals surface area contributed by atoms with Crippen LogP contribution in [0.4, 0.5) is 0 Å². The fourth-order valence-electron chi connectivity index (χ4n) is 3.46. The van der Waals surface area contributed by atoms with Crippen molar-refractivity contribution in [1.82, 2.24) is 0 Å². The average molecular weight is 781 g/mol. The number of hydrogen-bond donors (Lipinski definition) is 0. The van der Waals surface area contributed by atoms with Crippen LogP contribution in [0.15, 0.2) is 88.6 Å². The van der Waals surface area contributed by atoms with Crippen LogP contribution in [0.5, 0.6) is 0 Å². The van der Waals surface area contributed by atoms with E-state index in [1.807, 2.05) is 6.92 Å². The largest absolute Gasteiger partial charge is 0.462 e. The topological polar surface area (TPSA) is 212 Å². The summed E-state index contributed by atoms with van der Waals surface area (Å²) in [5.41, 5.74) is -1.83. The molecular weight excluding hydrogens is 728 g/mol. The minimum absolute atomic E-state index is 0.0986. The van der Waals surface area contributed by atoms with E-state index in [2.05, 4.69) is 46.1 Å². The first-order chi connectivity index (χ1) is 26.2. The lowest BCUT2D eigenvalue weighted by Crippen LogP contribution is -2.43. The second-order valence-electron chi connectivity index (χ2n) is 10.9. The lowest BCUT2D eigenvalue weighted by Gasteiger charge is -2.32. The van der Waals surface area contributed by atoms with Gasteiger partial charge in [-0.2, -0.15) is 0 Å². The summed E-state index contributed by atoms with van der Waals surface area (Å²) >= 11 is 0. The molecule has 0 rings (SSSR count). The highest BCUT2D eigenvalue weighted by molar-refractivity contribution is 5.83. The van der Waals surface area contributed by atoms with Crippen LogP contribution in [0.1, 0.15) is 13.3 Å². The predicted molar refractivity (Wildman–Crippen MR) is 196 cm³/mol. The molecule has 0 aromatic carbocycles. The van der Waals surface area contributed by atoms with Gasteiger partial charge in [0.2, 0.25) is 0 Å². The van der Waals surface area contributed by atoms with Crippen LogP contribution in [0, 0.1) is 10.8 Å². The van der Waals surface area contributed by atoms with Gasteiger partial charge in [-0.05, 0) is 6.42 Å². The maximum Gasteiger partial charge on any atom is 0.330 e. The number of carbonyl (C=O) groups is 7. The third kappa shape index (κ3) is 26.7. The molecule has 17 nitrogen and oxygen atoms in total. The highest BCUT2D eigenvalue weighted by Crippen LogP contribution is 2.24. The Morgan fingerprint density at radius 3 is 0.764 bits per heavy atom. The van der Waals surface area contributed by atoms with Crippen molar-refractivity contribution in [3.8, 4) is 0 Å². The van der Waals surface area contributed by atoms with Gasteiger partial charge in [0.1, 0.15) is 51.7 Å². The summed E-state index contributed by atoms with van der Waals surface area (Å²) in [4.78, 5) is 78.5. The predicted octanol–water partition coefficient (Wildman–Crippen LogP) is 2.51. The van der Waals surface area contributed by atoms with Crippen molar-refractivity contribution in [2.45, 2.75) is 13.3 Å². The van der Waals surface area contributed by atoms with E-state index in [-0.39, 0.29) is 85.9 Å². The van der Waals surface area contributed by atoms with Crippen LogP contribution in [-0.2, 0) is 80.9 Å². The maximum absolute atomic E-state index is 11.3. The van der Waals surface area contributed by atoms with E-state index in [4.69, 9.17) is 47.4 Å². The third-order valence-electron chi connectivity index (χ3n) is 6.64. The molecule has 0 radical (unpaired) electrons. The van der Waals surface area contributed by atoms with Crippen molar-refractivity contribution in [2.24, 2.45) is 10.8 Å². The molecule has 0 saturated carbocycles. The Labute approximate surface area is 321 Å². The molecule has 0 aliphatic carbocycles. The molecule has 306 valence electrons. The molecule has 0 amide bonds. The number of esters is 7. The van der Waals surface area contributed by atoms with E-state index >= 15 is 0 Å². The first-order valence-electron chi connectivity index (χ1n) is 16.5. The standard InChI is InChI=1S/C21H32O9.C17H20O8/c1-5-18(22)28-12-9-25-15-21(8-4,16-26-10-13-29-19(23)6-2)17-27-11-14-30-20(24)7-3;1-5-13(18)22-9-17(10-23-14(19)6-2,11-24-15(20)7-3)12-25-16(21)8-4/h5-7H,1-3,8-17H2,4H3;5-8H,1-4,9-12H2. The molecule has 55 heavy (non-hydrogen) atoms. The van der Waals surface area contributed by atoms with Crippen molar-refractivity contribution >= 4 is 41.8 Å². The Morgan fingerprint density at radius 1 is 0.345 bits per heavy atom. The van der Waals surface area contributed by atoms with Gasteiger partial charge in [0.05, 0.1) is 39.6 Å². The molecule has 0 heterocycles. The molecule has 17 heteroatoms. The Kier molecular flexibility index (Phi) is 29.8. The van der Waals surface area contributed by atoms with Crippen LogP contribution >= 0.6 is 0 Å². The molecule has 0 aromatic heterocycles. The van der Waals surface area contributed by atoms with E-state index in [0.717, 1.165) is 42.5 Å². The number of rotatable bonds is 31. The zero-order valence-electron chi connectivity index (χ0n) is 31.3. The van der Waals surface area contributed by atoms with E-state index in [1.54, 1.807) is 0 Å². The van der Waals surface area contributed by atoms with E-state index < -0.39 is 52.6 Å². The SMILES string of the molecule is C=CC(=O)OCC(COC(=O)C=C)(COC(=O)C=C)COC(=O)C=C.C=CC(=O)OCCOCC(CC)(COCCOC(=O)C=C)COCCOC(=O)C=C. The van der Waals surface area contributed by atoms with E-state index in [9.17, 15) is 33.6 Å². The molecule has 0 aromatic rings. The van der Waals surface area contributed by atoms with Crippen LogP contribution < -0.4 is 0 Å². The highest BCUT2D eigenvalue weighted by Gasteiger charge is 2.37. The van der Waals surface area contributed by atoms with Gasteiger partial charge in [0.15, 0.2) is 0 Å². The number of hydrogen-bond acceptors (Lipinski definition) is 17. The quantitative estimate of drug-likeness (QED) is 0.0428. The van der Waals surface area contributed by atoms with Crippen LogP contribution in [0.3, 0.4) is 0 Å². The minimum Gasteiger partial charge on any atom is -0.462 e. The smallest absolute Gasteiger partial charge is 0.330 e. The Hall–Kier alpha value is -5.65. The zero-order chi connectivity index (χ0) is 42.0. The summed E-state index contributed by atoms with van der Waals surface area (Å²) in [5.74, 6) is -4.59. The van der Waals surface area contributed by atoms with E-state index in [0.29, 0.717) is 6.42 Å². The Morgan fingerprint density at radius 2 is 0.564 bits per heavy atom. The number of ether oxygens (including phenoxy) is 10. The van der Waals surface area contributed by atoms with Gasteiger partial charge in [0.25, 0.3) is 0 Å². The number of carbonyl (C=O) groups excluding carboxylic acids is 7. The second-order valence-corrected chi connectivity index (χ2v) is 10.9. The molecule has 0 N–H and O–H groups in total. The van der Waals surface area contributed by atoms with Gasteiger partial charge in [-0.3, -0.25) is 0 Å². The Bertz CT molecular complexity index is 1140. The molecule has 0 atom stereocenters. The van der Waals surface area contributed by atoms with Gasteiger partial charge < -0.3 is 47.4 Å². The van der Waals surface area contributed by atoms with Crippen molar-refractivity contribution in [3.05, 3.63) is 88.6 Å². The highest BCUT2D eigenvalue weighted by atomic mass is 16.6. The molecule has 0 aliphatic heterocycles. The van der Waals surface area contributed by atoms with Gasteiger partial charge in [-0.25, -0.2) is 33.6 Å².